The van der Waals surface area contributed by atoms with Gasteiger partial charge in [0.25, 0.3) is 6.01 Å². The number of ether oxygens (including phenoxy) is 1. The van der Waals surface area contributed by atoms with Crippen LogP contribution in [0.1, 0.15) is 0 Å². The maximum absolute atomic E-state index is 12.4. The topological polar surface area (TPSA) is 93.5 Å². The molecule has 0 saturated carbocycles. The van der Waals surface area contributed by atoms with Gasteiger partial charge in [-0.15, -0.1) is 0 Å². The normalized spacial score (nSPS) is 11.8. The predicted molar refractivity (Wildman–Crippen MR) is 73.3 cm³/mol. The molecule has 0 aliphatic heterocycles. The number of oxazole rings is 1. The van der Waals surface area contributed by atoms with Gasteiger partial charge in [0.05, 0.1) is 12.9 Å². The number of aliphatic hydroxyl groups excluding tert-OH is 1. The molecule has 0 fully saturated rings. The summed E-state index contributed by atoms with van der Waals surface area (Å²) in [4.78, 5) is 4.18. The fraction of sp³-hybridized carbons (Fsp3) is 0.308. The molecular formula is C13H16FN3O3. The van der Waals surface area contributed by atoms with E-state index in [2.05, 4.69) is 10.3 Å². The van der Waals surface area contributed by atoms with Crippen molar-refractivity contribution in [3.05, 3.63) is 30.1 Å². The third-order valence-electron chi connectivity index (χ3n) is 2.59. The van der Waals surface area contributed by atoms with E-state index in [0.717, 1.165) is 0 Å². The average Bonchev–Trinajstić information content (AvgIpc) is 2.88. The molecular weight excluding hydrogens is 265 g/mol. The Labute approximate surface area is 115 Å². The highest BCUT2D eigenvalue weighted by atomic mass is 19.1. The maximum atomic E-state index is 12.4. The largest absolute Gasteiger partial charge is 0.489 e. The molecule has 1 aromatic carbocycles. The molecule has 4 N–H and O–H groups in total. The van der Waals surface area contributed by atoms with Gasteiger partial charge in [-0.1, -0.05) is 0 Å². The molecule has 2 aromatic rings. The van der Waals surface area contributed by atoms with Gasteiger partial charge in [0.1, 0.15) is 17.9 Å². The molecule has 0 amide bonds. The van der Waals surface area contributed by atoms with Gasteiger partial charge < -0.3 is 25.3 Å². The van der Waals surface area contributed by atoms with E-state index in [9.17, 15) is 4.39 Å². The van der Waals surface area contributed by atoms with Crippen LogP contribution in [0, 0.1) is 0 Å². The minimum Gasteiger partial charge on any atom is -0.489 e. The Bertz CT molecular complexity index is 598. The molecule has 108 valence electrons. The van der Waals surface area contributed by atoms with Crippen LogP contribution in [0.15, 0.2) is 34.5 Å². The number of nitrogens with one attached hydrogen (secondary N) is 1. The summed E-state index contributed by atoms with van der Waals surface area (Å²) in [7, 11) is 0. The summed E-state index contributed by atoms with van der Waals surface area (Å²) in [5.41, 5.74) is 6.92. The van der Waals surface area contributed by atoms with Gasteiger partial charge in [-0.05, 0) is 12.1 Å². The van der Waals surface area contributed by atoms with E-state index < -0.39 is 0 Å². The molecule has 6 nitrogen and oxygen atoms in total. The lowest BCUT2D eigenvalue weighted by Crippen LogP contribution is -2.10. The van der Waals surface area contributed by atoms with Crippen molar-refractivity contribution < 1.29 is 18.7 Å². The molecule has 0 aliphatic carbocycles. The van der Waals surface area contributed by atoms with Crippen molar-refractivity contribution in [1.82, 2.24) is 4.98 Å². The van der Waals surface area contributed by atoms with E-state index in [-0.39, 0.29) is 19.8 Å². The third kappa shape index (κ3) is 3.46. The van der Waals surface area contributed by atoms with Crippen molar-refractivity contribution in [1.29, 1.82) is 0 Å². The smallest absolute Gasteiger partial charge is 0.295 e. The van der Waals surface area contributed by atoms with E-state index >= 15 is 0 Å². The first kappa shape index (κ1) is 14.3. The number of fused-ring (bicyclic) bond motifs is 1. The monoisotopic (exact) mass is 281 g/mol. The molecule has 0 spiro atoms. The summed E-state index contributed by atoms with van der Waals surface area (Å²) < 4.78 is 23.2. The van der Waals surface area contributed by atoms with Crippen LogP contribution < -0.4 is 15.8 Å². The van der Waals surface area contributed by atoms with Gasteiger partial charge in [-0.3, -0.25) is 0 Å². The lowest BCUT2D eigenvalue weighted by Gasteiger charge is -2.06. The number of hydrogen-bond donors (Lipinski definition) is 3. The second-order valence-corrected chi connectivity index (χ2v) is 4.06. The number of nitrogens with two attached hydrogens (primary N) is 1. The summed E-state index contributed by atoms with van der Waals surface area (Å²) in [5, 5.41) is 11.5. The van der Waals surface area contributed by atoms with Crippen molar-refractivity contribution >= 4 is 17.1 Å². The van der Waals surface area contributed by atoms with E-state index in [1.54, 1.807) is 18.2 Å². The van der Waals surface area contributed by atoms with Crippen molar-refractivity contribution in [3.63, 3.8) is 0 Å². The summed E-state index contributed by atoms with van der Waals surface area (Å²) in [6.07, 6.45) is 0.448. The standard InChI is InChI=1S/C13H16FN3O3/c14-6-9(7-15)8-19-10-1-2-11-12(5-10)20-13(17-11)16-3-4-18/h1-2,5-6,18H,3-4,7-8,15H2,(H,16,17). The van der Waals surface area contributed by atoms with Crippen LogP contribution in [-0.4, -0.2) is 36.4 Å². The lowest BCUT2D eigenvalue weighted by molar-refractivity contribution is 0.310. The van der Waals surface area contributed by atoms with Gasteiger partial charge in [0.2, 0.25) is 0 Å². The van der Waals surface area contributed by atoms with Crippen LogP contribution in [0.3, 0.4) is 0 Å². The van der Waals surface area contributed by atoms with Crippen LogP contribution in [-0.2, 0) is 0 Å². The zero-order valence-corrected chi connectivity index (χ0v) is 10.8. The summed E-state index contributed by atoms with van der Waals surface area (Å²) in [6, 6.07) is 5.45. The van der Waals surface area contributed by atoms with E-state index in [1.165, 1.54) is 0 Å². The van der Waals surface area contributed by atoms with Crippen LogP contribution in [0.5, 0.6) is 5.75 Å². The first-order valence-corrected chi connectivity index (χ1v) is 6.13. The Morgan fingerprint density at radius 1 is 1.55 bits per heavy atom. The van der Waals surface area contributed by atoms with Crippen molar-refractivity contribution in [2.75, 3.05) is 31.6 Å². The third-order valence-corrected chi connectivity index (χ3v) is 2.59. The van der Waals surface area contributed by atoms with Crippen molar-refractivity contribution in [3.8, 4) is 5.75 Å². The quantitative estimate of drug-likeness (QED) is 0.710. The Morgan fingerprint density at radius 2 is 2.40 bits per heavy atom. The molecule has 7 heteroatoms. The fourth-order valence-corrected chi connectivity index (χ4v) is 1.54. The van der Waals surface area contributed by atoms with E-state index in [4.69, 9.17) is 20.0 Å². The number of rotatable bonds is 7. The Kier molecular flexibility index (Phi) is 4.91. The van der Waals surface area contributed by atoms with Gasteiger partial charge >= 0.3 is 0 Å². The van der Waals surface area contributed by atoms with Crippen molar-refractivity contribution in [2.24, 2.45) is 5.73 Å². The molecule has 0 aliphatic rings. The number of aliphatic hydroxyl groups is 1. The lowest BCUT2D eigenvalue weighted by atomic mass is 10.3. The van der Waals surface area contributed by atoms with Gasteiger partial charge in [-0.25, -0.2) is 4.39 Å². The second kappa shape index (κ2) is 6.88. The van der Waals surface area contributed by atoms with Gasteiger partial charge in [0.15, 0.2) is 5.58 Å². The number of aromatic nitrogens is 1. The molecule has 0 atom stereocenters. The van der Waals surface area contributed by atoms with Gasteiger partial charge in [-0.2, -0.15) is 4.98 Å². The van der Waals surface area contributed by atoms with Crippen LogP contribution in [0.25, 0.3) is 11.1 Å². The van der Waals surface area contributed by atoms with Crippen LogP contribution in [0.4, 0.5) is 10.4 Å². The molecule has 1 aromatic heterocycles. The molecule has 1 heterocycles. The Hall–Kier alpha value is -2.12. The highest BCUT2D eigenvalue weighted by Gasteiger charge is 2.07. The Morgan fingerprint density at radius 3 is 3.10 bits per heavy atom. The fourth-order valence-electron chi connectivity index (χ4n) is 1.54. The number of nitrogens with zero attached hydrogens (tertiary/aromatic N) is 1. The van der Waals surface area contributed by atoms with Crippen LogP contribution in [0.2, 0.25) is 0 Å². The summed E-state index contributed by atoms with van der Waals surface area (Å²) in [6.45, 7) is 0.542. The van der Waals surface area contributed by atoms with E-state index in [0.29, 0.717) is 41.3 Å². The SMILES string of the molecule is NCC(=CF)COc1ccc2nc(NCCO)oc2c1. The molecule has 0 unspecified atom stereocenters. The molecule has 2 rings (SSSR count). The highest BCUT2D eigenvalue weighted by molar-refractivity contribution is 5.76. The van der Waals surface area contributed by atoms with Crippen molar-refractivity contribution in [2.45, 2.75) is 0 Å². The average molecular weight is 281 g/mol. The number of halogens is 1. The zero-order chi connectivity index (χ0) is 14.4. The molecule has 0 bridgehead atoms. The number of anilines is 1. The second-order valence-electron chi connectivity index (χ2n) is 4.06. The molecule has 20 heavy (non-hydrogen) atoms. The summed E-state index contributed by atoms with van der Waals surface area (Å²) in [5.74, 6) is 0.537. The Balaban J connectivity index is 2.08. The minimum absolute atomic E-state index is 0.00941. The van der Waals surface area contributed by atoms with Gasteiger partial charge in [0, 0.05) is 24.7 Å². The first-order chi connectivity index (χ1) is 9.76. The van der Waals surface area contributed by atoms with E-state index in [1.807, 2.05) is 0 Å². The zero-order valence-electron chi connectivity index (χ0n) is 10.8. The minimum atomic E-state index is -0.00941. The molecule has 0 radical (unpaired) electrons. The number of hydrogen-bond acceptors (Lipinski definition) is 6. The maximum Gasteiger partial charge on any atom is 0.295 e. The first-order valence-electron chi connectivity index (χ1n) is 6.13. The van der Waals surface area contributed by atoms with Crippen LogP contribution >= 0.6 is 0 Å². The number of benzene rings is 1. The predicted octanol–water partition coefficient (Wildman–Crippen LogP) is 1.42. The summed E-state index contributed by atoms with van der Waals surface area (Å²) >= 11 is 0. The molecule has 0 saturated heterocycles. The highest BCUT2D eigenvalue weighted by Crippen LogP contribution is 2.24.